The normalized spacial score (nSPS) is 10.6. The van der Waals surface area contributed by atoms with Gasteiger partial charge in [-0.2, -0.15) is 0 Å². The van der Waals surface area contributed by atoms with Gasteiger partial charge >= 0.3 is 0 Å². The van der Waals surface area contributed by atoms with Crippen LogP contribution in [0.15, 0.2) is 47.4 Å². The monoisotopic (exact) mass is 265 g/mol. The summed E-state index contributed by atoms with van der Waals surface area (Å²) in [5, 5.41) is 0. The quantitative estimate of drug-likeness (QED) is 0.670. The SMILES string of the molecule is Nc1cc(F)c(SCCc2ccccc2)c(F)c1. The minimum Gasteiger partial charge on any atom is -0.399 e. The van der Waals surface area contributed by atoms with E-state index in [0.717, 1.165) is 24.1 Å². The van der Waals surface area contributed by atoms with Gasteiger partial charge in [-0.15, -0.1) is 11.8 Å². The molecule has 0 saturated heterocycles. The summed E-state index contributed by atoms with van der Waals surface area (Å²) in [6, 6.07) is 12.1. The second-order valence-electron chi connectivity index (χ2n) is 3.90. The fourth-order valence-electron chi connectivity index (χ4n) is 1.63. The van der Waals surface area contributed by atoms with Crippen molar-refractivity contribution in [2.75, 3.05) is 11.5 Å². The van der Waals surface area contributed by atoms with Crippen molar-refractivity contribution >= 4 is 17.4 Å². The maximum Gasteiger partial charge on any atom is 0.141 e. The lowest BCUT2D eigenvalue weighted by Gasteiger charge is -2.06. The van der Waals surface area contributed by atoms with Crippen molar-refractivity contribution in [2.45, 2.75) is 11.3 Å². The molecule has 0 radical (unpaired) electrons. The van der Waals surface area contributed by atoms with Crippen LogP contribution < -0.4 is 5.73 Å². The van der Waals surface area contributed by atoms with Crippen molar-refractivity contribution in [1.82, 2.24) is 0 Å². The number of nitrogens with two attached hydrogens (primary N) is 1. The van der Waals surface area contributed by atoms with Crippen LogP contribution in [0.2, 0.25) is 0 Å². The summed E-state index contributed by atoms with van der Waals surface area (Å²) in [6.07, 6.45) is 0.773. The zero-order valence-corrected chi connectivity index (χ0v) is 10.5. The number of nitrogen functional groups attached to an aromatic ring is 1. The topological polar surface area (TPSA) is 26.0 Å². The highest BCUT2D eigenvalue weighted by Crippen LogP contribution is 2.27. The first kappa shape index (κ1) is 12.9. The molecule has 0 unspecified atom stereocenters. The van der Waals surface area contributed by atoms with Crippen molar-refractivity contribution in [1.29, 1.82) is 0 Å². The molecule has 0 bridgehead atoms. The van der Waals surface area contributed by atoms with Crippen LogP contribution in [-0.4, -0.2) is 5.75 Å². The molecule has 0 saturated carbocycles. The van der Waals surface area contributed by atoms with Gasteiger partial charge in [-0.25, -0.2) is 8.78 Å². The predicted octanol–water partition coefficient (Wildman–Crippen LogP) is 3.88. The minimum absolute atomic E-state index is 0.0418. The summed E-state index contributed by atoms with van der Waals surface area (Å²) in [5.74, 6) is -0.557. The Hall–Kier alpha value is -1.55. The second-order valence-corrected chi connectivity index (χ2v) is 5.00. The van der Waals surface area contributed by atoms with Crippen LogP contribution in [0.4, 0.5) is 14.5 Å². The highest BCUT2D eigenvalue weighted by Gasteiger charge is 2.10. The Morgan fingerprint density at radius 1 is 1.00 bits per heavy atom. The Kier molecular flexibility index (Phi) is 4.20. The van der Waals surface area contributed by atoms with Crippen LogP contribution in [-0.2, 0) is 6.42 Å². The molecule has 2 aromatic carbocycles. The number of halogens is 2. The molecular weight excluding hydrogens is 252 g/mol. The minimum atomic E-state index is -0.592. The molecule has 0 amide bonds. The van der Waals surface area contributed by atoms with Gasteiger partial charge in [-0.1, -0.05) is 30.3 Å². The third-order valence-electron chi connectivity index (χ3n) is 2.50. The van der Waals surface area contributed by atoms with E-state index in [4.69, 9.17) is 5.73 Å². The van der Waals surface area contributed by atoms with E-state index >= 15 is 0 Å². The lowest BCUT2D eigenvalue weighted by Crippen LogP contribution is -1.95. The van der Waals surface area contributed by atoms with Gasteiger partial charge in [0.2, 0.25) is 0 Å². The van der Waals surface area contributed by atoms with Crippen LogP contribution in [0.25, 0.3) is 0 Å². The summed E-state index contributed by atoms with van der Waals surface area (Å²) in [4.78, 5) is 0.0418. The van der Waals surface area contributed by atoms with Crippen LogP contribution in [0.5, 0.6) is 0 Å². The molecule has 4 heteroatoms. The van der Waals surface area contributed by atoms with Gasteiger partial charge in [0.05, 0.1) is 4.90 Å². The van der Waals surface area contributed by atoms with Gasteiger partial charge in [0.1, 0.15) is 11.6 Å². The first-order chi connectivity index (χ1) is 8.66. The van der Waals surface area contributed by atoms with E-state index in [1.807, 2.05) is 30.3 Å². The third kappa shape index (κ3) is 3.23. The first-order valence-electron chi connectivity index (χ1n) is 5.58. The molecule has 0 aliphatic heterocycles. The Bertz CT molecular complexity index is 506. The Labute approximate surface area is 109 Å². The van der Waals surface area contributed by atoms with Crippen molar-refractivity contribution in [3.05, 3.63) is 59.7 Å². The molecule has 0 fully saturated rings. The number of benzene rings is 2. The largest absolute Gasteiger partial charge is 0.399 e. The molecule has 18 heavy (non-hydrogen) atoms. The van der Waals surface area contributed by atoms with E-state index in [0.29, 0.717) is 5.75 Å². The number of aryl methyl sites for hydroxylation is 1. The Morgan fingerprint density at radius 3 is 2.22 bits per heavy atom. The van der Waals surface area contributed by atoms with Crippen molar-refractivity contribution in [3.63, 3.8) is 0 Å². The molecule has 0 spiro atoms. The van der Waals surface area contributed by atoms with Crippen molar-refractivity contribution in [2.24, 2.45) is 0 Å². The van der Waals surface area contributed by atoms with Gasteiger partial charge < -0.3 is 5.73 Å². The fourth-order valence-corrected chi connectivity index (χ4v) is 2.57. The molecule has 1 nitrogen and oxygen atoms in total. The second kappa shape index (κ2) is 5.87. The van der Waals surface area contributed by atoms with Gasteiger partial charge in [0, 0.05) is 11.4 Å². The maximum absolute atomic E-state index is 13.5. The predicted molar refractivity (Wildman–Crippen MR) is 71.6 cm³/mol. The van der Waals surface area contributed by atoms with Crippen LogP contribution in [0.1, 0.15) is 5.56 Å². The fraction of sp³-hybridized carbons (Fsp3) is 0.143. The summed E-state index contributed by atoms with van der Waals surface area (Å²) >= 11 is 1.17. The molecule has 0 aliphatic rings. The summed E-state index contributed by atoms with van der Waals surface area (Å²) in [7, 11) is 0. The smallest absolute Gasteiger partial charge is 0.141 e. The number of thioether (sulfide) groups is 1. The van der Waals surface area contributed by atoms with Crippen LogP contribution in [0.3, 0.4) is 0 Å². The average molecular weight is 265 g/mol. The summed E-state index contributed by atoms with van der Waals surface area (Å²) in [6.45, 7) is 0. The first-order valence-corrected chi connectivity index (χ1v) is 6.56. The maximum atomic E-state index is 13.5. The van der Waals surface area contributed by atoms with Crippen molar-refractivity contribution < 1.29 is 8.78 Å². The molecule has 0 aromatic heterocycles. The zero-order chi connectivity index (χ0) is 13.0. The highest BCUT2D eigenvalue weighted by molar-refractivity contribution is 7.99. The molecule has 2 aromatic rings. The Morgan fingerprint density at radius 2 is 1.61 bits per heavy atom. The standard InChI is InChI=1S/C14H13F2NS/c15-12-8-11(17)9-13(16)14(12)18-7-6-10-4-2-1-3-5-10/h1-5,8-9H,6-7,17H2. The van der Waals surface area contributed by atoms with Gasteiger partial charge in [-0.05, 0) is 24.1 Å². The number of rotatable bonds is 4. The number of hydrogen-bond acceptors (Lipinski definition) is 2. The van der Waals surface area contributed by atoms with Crippen molar-refractivity contribution in [3.8, 4) is 0 Å². The molecule has 2 rings (SSSR count). The van der Waals surface area contributed by atoms with Gasteiger partial charge in [0.25, 0.3) is 0 Å². The lowest BCUT2D eigenvalue weighted by molar-refractivity contribution is 0.542. The zero-order valence-electron chi connectivity index (χ0n) is 9.70. The average Bonchev–Trinajstić information content (AvgIpc) is 2.34. The van der Waals surface area contributed by atoms with Crippen LogP contribution in [0, 0.1) is 11.6 Å². The molecule has 0 atom stereocenters. The van der Waals surface area contributed by atoms with E-state index in [2.05, 4.69) is 0 Å². The van der Waals surface area contributed by atoms with Gasteiger partial charge in [0.15, 0.2) is 0 Å². The Balaban J connectivity index is 1.99. The molecule has 0 aliphatic carbocycles. The van der Waals surface area contributed by atoms with E-state index in [1.165, 1.54) is 11.8 Å². The van der Waals surface area contributed by atoms with Gasteiger partial charge in [-0.3, -0.25) is 0 Å². The number of anilines is 1. The van der Waals surface area contributed by atoms with E-state index < -0.39 is 11.6 Å². The molecule has 94 valence electrons. The number of hydrogen-bond donors (Lipinski definition) is 1. The summed E-state index contributed by atoms with van der Waals surface area (Å²) < 4.78 is 27.0. The van der Waals surface area contributed by atoms with E-state index in [9.17, 15) is 8.78 Å². The third-order valence-corrected chi connectivity index (χ3v) is 3.59. The summed E-state index contributed by atoms with van der Waals surface area (Å²) in [5.41, 5.74) is 6.62. The van der Waals surface area contributed by atoms with E-state index in [1.54, 1.807) is 0 Å². The molecular formula is C14H13F2NS. The van der Waals surface area contributed by atoms with Crippen LogP contribution >= 0.6 is 11.8 Å². The molecule has 2 N–H and O–H groups in total. The van der Waals surface area contributed by atoms with E-state index in [-0.39, 0.29) is 10.6 Å². The highest BCUT2D eigenvalue weighted by atomic mass is 32.2. The lowest BCUT2D eigenvalue weighted by atomic mass is 10.2. The molecule has 0 heterocycles.